The van der Waals surface area contributed by atoms with Gasteiger partial charge in [0.2, 0.25) is 5.91 Å². The van der Waals surface area contributed by atoms with Crippen molar-refractivity contribution >= 4 is 46.2 Å². The number of nitrogens with zero attached hydrogens (tertiary/aromatic N) is 3. The van der Waals surface area contributed by atoms with Crippen molar-refractivity contribution in [3.8, 4) is 11.5 Å². The Labute approximate surface area is 218 Å². The monoisotopic (exact) mass is 525 g/mol. The van der Waals surface area contributed by atoms with Crippen LogP contribution < -0.4 is 15.0 Å². The second-order valence-electron chi connectivity index (χ2n) is 9.19. The van der Waals surface area contributed by atoms with Crippen molar-refractivity contribution in [2.45, 2.75) is 25.3 Å². The summed E-state index contributed by atoms with van der Waals surface area (Å²) in [4.78, 5) is 42.3. The predicted octanol–water partition coefficient (Wildman–Crippen LogP) is 3.10. The van der Waals surface area contributed by atoms with Crippen LogP contribution in [-0.2, 0) is 16.1 Å². The summed E-state index contributed by atoms with van der Waals surface area (Å²) in [5.74, 6) is 1.42. The smallest absolute Gasteiger partial charge is 0.266 e. The van der Waals surface area contributed by atoms with E-state index in [4.69, 9.17) is 21.7 Å². The highest BCUT2D eigenvalue weighted by Crippen LogP contribution is 2.36. The van der Waals surface area contributed by atoms with Crippen LogP contribution in [0.2, 0.25) is 0 Å². The number of likely N-dealkylation sites (tertiary alicyclic amines) is 1. The summed E-state index contributed by atoms with van der Waals surface area (Å²) in [6.07, 6.45) is 2.97. The number of benzene rings is 1. The molecule has 10 heteroatoms. The number of amides is 2. The molecule has 4 heterocycles. The van der Waals surface area contributed by atoms with Gasteiger partial charge in [0.15, 0.2) is 11.5 Å². The zero-order valence-corrected chi connectivity index (χ0v) is 21.8. The van der Waals surface area contributed by atoms with Crippen LogP contribution in [0.4, 0.5) is 0 Å². The number of rotatable bonds is 6. The third kappa shape index (κ3) is 4.67. The molecule has 2 atom stereocenters. The first-order valence-corrected chi connectivity index (χ1v) is 13.1. The number of carbonyl (C=O) groups excluding carboxylic acids is 2. The lowest BCUT2D eigenvalue weighted by Crippen LogP contribution is -2.49. The first-order valence-electron chi connectivity index (χ1n) is 11.8. The van der Waals surface area contributed by atoms with Gasteiger partial charge in [-0.05, 0) is 42.2 Å². The van der Waals surface area contributed by atoms with Crippen LogP contribution in [0, 0.1) is 5.92 Å². The fraction of sp³-hybridized carbons (Fsp3) is 0.385. The average Bonchev–Trinajstić information content (AvgIpc) is 3.14. The van der Waals surface area contributed by atoms with Crippen LogP contribution in [0.15, 0.2) is 46.1 Å². The Balaban J connectivity index is 1.23. The van der Waals surface area contributed by atoms with E-state index < -0.39 is 0 Å². The van der Waals surface area contributed by atoms with E-state index >= 15 is 0 Å². The minimum atomic E-state index is -0.198. The van der Waals surface area contributed by atoms with Crippen molar-refractivity contribution in [3.63, 3.8) is 0 Å². The number of methoxy groups -OCH3 is 2. The summed E-state index contributed by atoms with van der Waals surface area (Å²) in [5.41, 5.74) is 1.83. The second-order valence-corrected chi connectivity index (χ2v) is 10.9. The molecule has 1 aromatic carbocycles. The van der Waals surface area contributed by atoms with Gasteiger partial charge in [-0.15, -0.1) is 0 Å². The van der Waals surface area contributed by atoms with Gasteiger partial charge in [-0.25, -0.2) is 0 Å². The van der Waals surface area contributed by atoms with Crippen molar-refractivity contribution in [1.29, 1.82) is 0 Å². The first-order chi connectivity index (χ1) is 17.4. The Morgan fingerprint density at radius 2 is 1.92 bits per heavy atom. The van der Waals surface area contributed by atoms with Crippen LogP contribution in [0.25, 0.3) is 6.08 Å². The molecule has 2 saturated heterocycles. The van der Waals surface area contributed by atoms with Crippen molar-refractivity contribution in [2.75, 3.05) is 33.9 Å². The van der Waals surface area contributed by atoms with E-state index in [0.29, 0.717) is 40.4 Å². The van der Waals surface area contributed by atoms with E-state index in [2.05, 4.69) is 0 Å². The molecular formula is C26H27N3O5S2. The van der Waals surface area contributed by atoms with Crippen LogP contribution in [-0.4, -0.2) is 64.4 Å². The average molecular weight is 526 g/mol. The molecule has 36 heavy (non-hydrogen) atoms. The SMILES string of the molecule is COc1ccc(/C=C2/SC(=S)N(CCC(=O)N3CC4C[C@@H](C3)Cn3c4cccc3=O)C2=O)cc1OC. The Bertz CT molecular complexity index is 1320. The third-order valence-electron chi connectivity index (χ3n) is 6.96. The molecule has 1 aromatic heterocycles. The number of pyridine rings is 1. The van der Waals surface area contributed by atoms with Crippen molar-refractivity contribution in [3.05, 3.63) is 62.9 Å². The van der Waals surface area contributed by atoms with Gasteiger partial charge in [0, 0.05) is 50.3 Å². The van der Waals surface area contributed by atoms with Gasteiger partial charge in [-0.1, -0.05) is 36.1 Å². The lowest BCUT2D eigenvalue weighted by molar-refractivity contribution is -0.134. The number of hydrogen-bond acceptors (Lipinski definition) is 7. The molecule has 2 fully saturated rings. The largest absolute Gasteiger partial charge is 0.493 e. The highest BCUT2D eigenvalue weighted by molar-refractivity contribution is 8.26. The summed E-state index contributed by atoms with van der Waals surface area (Å²) in [7, 11) is 3.13. The zero-order chi connectivity index (χ0) is 25.4. The minimum Gasteiger partial charge on any atom is -0.493 e. The molecule has 3 aliphatic heterocycles. The van der Waals surface area contributed by atoms with E-state index in [0.717, 1.165) is 17.7 Å². The number of thiocarbonyl (C=S) groups is 1. The fourth-order valence-corrected chi connectivity index (χ4v) is 6.56. The fourth-order valence-electron chi connectivity index (χ4n) is 5.25. The Morgan fingerprint density at radius 1 is 1.11 bits per heavy atom. The minimum absolute atomic E-state index is 0.00866. The molecule has 0 saturated carbocycles. The lowest BCUT2D eigenvalue weighted by Gasteiger charge is -2.42. The maximum absolute atomic E-state index is 13.1. The lowest BCUT2D eigenvalue weighted by atomic mass is 9.83. The molecule has 0 aliphatic carbocycles. The molecule has 2 aromatic rings. The van der Waals surface area contributed by atoms with Crippen molar-refractivity contribution < 1.29 is 19.1 Å². The van der Waals surface area contributed by atoms with Crippen molar-refractivity contribution in [1.82, 2.24) is 14.4 Å². The van der Waals surface area contributed by atoms with Crippen LogP contribution in [0.5, 0.6) is 11.5 Å². The first kappa shape index (κ1) is 24.6. The van der Waals surface area contributed by atoms with Gasteiger partial charge in [0.25, 0.3) is 11.5 Å². The summed E-state index contributed by atoms with van der Waals surface area (Å²) < 4.78 is 12.9. The van der Waals surface area contributed by atoms with Crippen LogP contribution in [0.1, 0.15) is 30.0 Å². The molecule has 2 amide bonds. The van der Waals surface area contributed by atoms with Crippen molar-refractivity contribution in [2.24, 2.45) is 5.92 Å². The number of hydrogen-bond donors (Lipinski definition) is 0. The molecule has 0 radical (unpaired) electrons. The summed E-state index contributed by atoms with van der Waals surface area (Å²) in [6.45, 7) is 2.11. The molecule has 8 nitrogen and oxygen atoms in total. The Morgan fingerprint density at radius 3 is 2.69 bits per heavy atom. The molecular weight excluding hydrogens is 498 g/mol. The van der Waals surface area contributed by atoms with Gasteiger partial charge >= 0.3 is 0 Å². The van der Waals surface area contributed by atoms with E-state index in [1.54, 1.807) is 44.6 Å². The molecule has 3 aliphatic rings. The summed E-state index contributed by atoms with van der Waals surface area (Å²) in [6, 6.07) is 10.8. The summed E-state index contributed by atoms with van der Waals surface area (Å²) >= 11 is 6.69. The van der Waals surface area contributed by atoms with Crippen LogP contribution >= 0.6 is 24.0 Å². The molecule has 1 unspecified atom stereocenters. The number of piperidine rings is 1. The highest BCUT2D eigenvalue weighted by Gasteiger charge is 2.37. The molecule has 0 N–H and O–H groups in total. The van der Waals surface area contributed by atoms with Crippen LogP contribution in [0.3, 0.4) is 0 Å². The Kier molecular flexibility index (Phi) is 6.90. The second kappa shape index (κ2) is 10.1. The van der Waals surface area contributed by atoms with Gasteiger partial charge in [-0.3, -0.25) is 19.3 Å². The number of ether oxygens (including phenoxy) is 2. The van der Waals surface area contributed by atoms with E-state index in [1.165, 1.54) is 16.7 Å². The van der Waals surface area contributed by atoms with E-state index in [-0.39, 0.29) is 42.2 Å². The molecule has 2 bridgehead atoms. The predicted molar refractivity (Wildman–Crippen MR) is 142 cm³/mol. The zero-order valence-electron chi connectivity index (χ0n) is 20.1. The number of aromatic nitrogens is 1. The topological polar surface area (TPSA) is 81.1 Å². The van der Waals surface area contributed by atoms with Gasteiger partial charge in [0.1, 0.15) is 4.32 Å². The maximum atomic E-state index is 13.1. The molecule has 5 rings (SSSR count). The summed E-state index contributed by atoms with van der Waals surface area (Å²) in [5, 5.41) is 0. The highest BCUT2D eigenvalue weighted by atomic mass is 32.2. The number of carbonyl (C=O) groups is 2. The number of fused-ring (bicyclic) bond motifs is 4. The normalized spacial score (nSPS) is 22.1. The van der Waals surface area contributed by atoms with Gasteiger partial charge in [-0.2, -0.15) is 0 Å². The van der Waals surface area contributed by atoms with Gasteiger partial charge < -0.3 is 18.9 Å². The standard InChI is InChI=1S/C26H27N3O5S2/c1-33-20-7-6-16(11-21(20)34-2)12-22-25(32)28(26(35)36-22)9-8-23(30)27-13-17-10-18(15-27)19-4-3-5-24(31)29(19)14-17/h3-7,11-12,17-18H,8-10,13-15H2,1-2H3/b22-12+/t17-,18?/m0/s1. The maximum Gasteiger partial charge on any atom is 0.266 e. The number of thioether (sulfide) groups is 1. The Hall–Kier alpha value is -3.11. The quantitative estimate of drug-likeness (QED) is 0.424. The van der Waals surface area contributed by atoms with E-state index in [9.17, 15) is 14.4 Å². The van der Waals surface area contributed by atoms with E-state index in [1.807, 2.05) is 21.6 Å². The van der Waals surface area contributed by atoms with Gasteiger partial charge in [0.05, 0.1) is 19.1 Å². The molecule has 188 valence electrons. The third-order valence-corrected chi connectivity index (χ3v) is 8.34. The molecule has 0 spiro atoms.